The van der Waals surface area contributed by atoms with Crippen molar-refractivity contribution >= 4 is 34.8 Å². The summed E-state index contributed by atoms with van der Waals surface area (Å²) < 4.78 is 11.4. The van der Waals surface area contributed by atoms with Crippen LogP contribution < -0.4 is 14.8 Å². The van der Waals surface area contributed by atoms with Crippen molar-refractivity contribution in [3.8, 4) is 11.5 Å². The van der Waals surface area contributed by atoms with Gasteiger partial charge in [-0.2, -0.15) is 0 Å². The number of nitrogens with zero attached hydrogens (tertiary/aromatic N) is 1. The Kier molecular flexibility index (Phi) is 7.40. The molecule has 0 aliphatic carbocycles. The number of rotatable bonds is 8. The molecule has 3 rings (SSSR count). The molecule has 28 heavy (non-hydrogen) atoms. The van der Waals surface area contributed by atoms with E-state index in [1.165, 1.54) is 0 Å². The van der Waals surface area contributed by atoms with Gasteiger partial charge in [-0.15, -0.1) is 0 Å². The second-order valence-electron chi connectivity index (χ2n) is 6.09. The molecule has 1 aromatic heterocycles. The summed E-state index contributed by atoms with van der Waals surface area (Å²) in [5.74, 6) is 1.18. The zero-order chi connectivity index (χ0) is 19.9. The smallest absolute Gasteiger partial charge is 0.163 e. The van der Waals surface area contributed by atoms with E-state index in [0.29, 0.717) is 39.7 Å². The third-order valence-corrected chi connectivity index (χ3v) is 5.20. The molecule has 0 aliphatic rings. The average Bonchev–Trinajstić information content (AvgIpc) is 2.71. The Balaban J connectivity index is 1.65. The van der Waals surface area contributed by atoms with Crippen molar-refractivity contribution < 1.29 is 9.47 Å². The number of benzene rings is 2. The highest BCUT2D eigenvalue weighted by Gasteiger charge is 2.11. The van der Waals surface area contributed by atoms with E-state index >= 15 is 0 Å². The number of methoxy groups -OCH3 is 1. The maximum absolute atomic E-state index is 6.44. The third-order valence-electron chi connectivity index (χ3n) is 4.10. The molecule has 4 nitrogen and oxygen atoms in total. The van der Waals surface area contributed by atoms with Gasteiger partial charge in [0.05, 0.1) is 17.2 Å². The number of pyridine rings is 1. The van der Waals surface area contributed by atoms with Crippen LogP contribution in [0.15, 0.2) is 54.9 Å². The SMILES string of the molecule is COc1cc(CNCc2ccncc2)c(Cl)cc1OCc1ccc(Cl)c(Cl)c1. The van der Waals surface area contributed by atoms with Gasteiger partial charge in [-0.05, 0) is 47.0 Å². The fourth-order valence-electron chi connectivity index (χ4n) is 2.62. The minimum Gasteiger partial charge on any atom is -0.493 e. The standard InChI is InChI=1S/C21H19Cl3N2O2/c1-27-20-9-16(12-26-11-14-4-6-25-7-5-14)18(23)10-21(20)28-13-15-2-3-17(22)19(24)8-15/h2-10,26H,11-13H2,1H3. The van der Waals surface area contributed by atoms with Gasteiger partial charge in [-0.3, -0.25) is 4.98 Å². The van der Waals surface area contributed by atoms with Crippen LogP contribution in [-0.2, 0) is 19.7 Å². The molecule has 0 amide bonds. The molecule has 1 heterocycles. The van der Waals surface area contributed by atoms with Crippen molar-refractivity contribution in [3.63, 3.8) is 0 Å². The first kappa shape index (κ1) is 20.7. The predicted octanol–water partition coefficient (Wildman–Crippen LogP) is 5.92. The fraction of sp³-hybridized carbons (Fsp3) is 0.190. The Morgan fingerprint density at radius 2 is 1.61 bits per heavy atom. The van der Waals surface area contributed by atoms with E-state index in [9.17, 15) is 0 Å². The molecule has 0 fully saturated rings. The van der Waals surface area contributed by atoms with Gasteiger partial charge >= 0.3 is 0 Å². The quantitative estimate of drug-likeness (QED) is 0.475. The highest BCUT2D eigenvalue weighted by atomic mass is 35.5. The molecule has 3 aromatic rings. The molecule has 0 radical (unpaired) electrons. The highest BCUT2D eigenvalue weighted by Crippen LogP contribution is 2.34. The van der Waals surface area contributed by atoms with E-state index in [4.69, 9.17) is 44.3 Å². The van der Waals surface area contributed by atoms with Gasteiger partial charge in [-0.1, -0.05) is 40.9 Å². The van der Waals surface area contributed by atoms with Crippen molar-refractivity contribution in [3.05, 3.63) is 86.6 Å². The van der Waals surface area contributed by atoms with Crippen LogP contribution in [0.5, 0.6) is 11.5 Å². The van der Waals surface area contributed by atoms with Gasteiger partial charge in [-0.25, -0.2) is 0 Å². The zero-order valence-corrected chi connectivity index (χ0v) is 17.5. The Bertz CT molecular complexity index is 936. The second kappa shape index (κ2) is 9.99. The van der Waals surface area contributed by atoms with Crippen molar-refractivity contribution in [2.75, 3.05) is 7.11 Å². The van der Waals surface area contributed by atoms with E-state index in [0.717, 1.165) is 23.2 Å². The number of nitrogens with one attached hydrogen (secondary N) is 1. The van der Waals surface area contributed by atoms with Gasteiger partial charge in [0.15, 0.2) is 11.5 Å². The molecule has 0 bridgehead atoms. The molecular weight excluding hydrogens is 419 g/mol. The first-order chi connectivity index (χ1) is 13.6. The lowest BCUT2D eigenvalue weighted by molar-refractivity contribution is 0.284. The molecule has 7 heteroatoms. The molecule has 0 spiro atoms. The Labute approximate surface area is 179 Å². The average molecular weight is 438 g/mol. The van der Waals surface area contributed by atoms with Crippen molar-refractivity contribution in [1.29, 1.82) is 0 Å². The summed E-state index contributed by atoms with van der Waals surface area (Å²) in [6.07, 6.45) is 3.54. The second-order valence-corrected chi connectivity index (χ2v) is 7.31. The van der Waals surface area contributed by atoms with E-state index < -0.39 is 0 Å². The van der Waals surface area contributed by atoms with E-state index in [1.807, 2.05) is 24.3 Å². The summed E-state index contributed by atoms with van der Waals surface area (Å²) in [5, 5.41) is 4.97. The van der Waals surface area contributed by atoms with Crippen molar-refractivity contribution in [1.82, 2.24) is 10.3 Å². The molecule has 0 saturated heterocycles. The lowest BCUT2D eigenvalue weighted by atomic mass is 10.2. The molecule has 2 aromatic carbocycles. The minimum atomic E-state index is 0.323. The lowest BCUT2D eigenvalue weighted by Crippen LogP contribution is -2.13. The van der Waals surface area contributed by atoms with Gasteiger partial charge in [0.25, 0.3) is 0 Å². The number of halogens is 3. The largest absolute Gasteiger partial charge is 0.493 e. The zero-order valence-electron chi connectivity index (χ0n) is 15.2. The molecule has 1 N–H and O–H groups in total. The van der Waals surface area contributed by atoms with Gasteiger partial charge in [0.1, 0.15) is 6.61 Å². The van der Waals surface area contributed by atoms with Crippen LogP contribution in [0.3, 0.4) is 0 Å². The van der Waals surface area contributed by atoms with Crippen LogP contribution in [0.1, 0.15) is 16.7 Å². The Hall–Kier alpha value is -1.98. The van der Waals surface area contributed by atoms with Gasteiger partial charge in [0.2, 0.25) is 0 Å². The summed E-state index contributed by atoms with van der Waals surface area (Å²) >= 11 is 18.4. The minimum absolute atomic E-state index is 0.323. The van der Waals surface area contributed by atoms with Crippen LogP contribution in [0, 0.1) is 0 Å². The Morgan fingerprint density at radius 1 is 0.821 bits per heavy atom. The van der Waals surface area contributed by atoms with Crippen LogP contribution in [0.4, 0.5) is 0 Å². The highest BCUT2D eigenvalue weighted by molar-refractivity contribution is 6.42. The molecule has 0 atom stereocenters. The lowest BCUT2D eigenvalue weighted by Gasteiger charge is -2.14. The van der Waals surface area contributed by atoms with Gasteiger partial charge in [0, 0.05) is 36.6 Å². The molecular formula is C21H19Cl3N2O2. The van der Waals surface area contributed by atoms with Crippen LogP contribution in [0.2, 0.25) is 15.1 Å². The van der Waals surface area contributed by atoms with Crippen LogP contribution >= 0.6 is 34.8 Å². The van der Waals surface area contributed by atoms with Crippen molar-refractivity contribution in [2.24, 2.45) is 0 Å². The molecule has 0 aliphatic heterocycles. The first-order valence-electron chi connectivity index (χ1n) is 8.59. The number of hydrogen-bond donors (Lipinski definition) is 1. The number of ether oxygens (including phenoxy) is 2. The summed E-state index contributed by atoms with van der Waals surface area (Å²) in [6, 6.07) is 13.0. The number of hydrogen-bond acceptors (Lipinski definition) is 4. The van der Waals surface area contributed by atoms with E-state index in [2.05, 4.69) is 10.3 Å². The van der Waals surface area contributed by atoms with E-state index in [-0.39, 0.29) is 0 Å². The van der Waals surface area contributed by atoms with Gasteiger partial charge < -0.3 is 14.8 Å². The summed E-state index contributed by atoms with van der Waals surface area (Å²) in [6.45, 7) is 1.64. The molecule has 0 saturated carbocycles. The van der Waals surface area contributed by atoms with Crippen molar-refractivity contribution in [2.45, 2.75) is 19.7 Å². The Morgan fingerprint density at radius 3 is 2.32 bits per heavy atom. The van der Waals surface area contributed by atoms with Crippen LogP contribution in [-0.4, -0.2) is 12.1 Å². The monoisotopic (exact) mass is 436 g/mol. The third kappa shape index (κ3) is 5.52. The topological polar surface area (TPSA) is 43.4 Å². The summed E-state index contributed by atoms with van der Waals surface area (Å²) in [5.41, 5.74) is 2.98. The number of aromatic nitrogens is 1. The van der Waals surface area contributed by atoms with E-state index in [1.54, 1.807) is 37.7 Å². The maximum Gasteiger partial charge on any atom is 0.163 e. The van der Waals surface area contributed by atoms with Crippen LogP contribution in [0.25, 0.3) is 0 Å². The molecule has 146 valence electrons. The normalized spacial score (nSPS) is 10.7. The fourth-order valence-corrected chi connectivity index (χ4v) is 3.16. The predicted molar refractivity (Wildman–Crippen MR) is 114 cm³/mol. The summed E-state index contributed by atoms with van der Waals surface area (Å²) in [7, 11) is 1.60. The molecule has 0 unspecified atom stereocenters. The maximum atomic E-state index is 6.44. The summed E-state index contributed by atoms with van der Waals surface area (Å²) in [4.78, 5) is 4.01. The first-order valence-corrected chi connectivity index (χ1v) is 9.73.